The summed E-state index contributed by atoms with van der Waals surface area (Å²) < 4.78 is 42.1. The van der Waals surface area contributed by atoms with Crippen molar-refractivity contribution in [3.63, 3.8) is 0 Å². The highest BCUT2D eigenvalue weighted by atomic mass is 127. The molecule has 1 fully saturated rings. The molecule has 1 aliphatic rings. The molecule has 0 amide bonds. The quantitative estimate of drug-likeness (QED) is 0.205. The molecule has 1 heterocycles. The highest BCUT2D eigenvalue weighted by Gasteiger charge is 2.28. The number of nitrogens with zero attached hydrogens (tertiary/aromatic N) is 3. The van der Waals surface area contributed by atoms with Crippen LogP contribution in [-0.2, 0) is 4.74 Å². The fourth-order valence-corrected chi connectivity index (χ4v) is 2.96. The minimum atomic E-state index is -4.17. The average molecular weight is 509 g/mol. The van der Waals surface area contributed by atoms with E-state index in [0.717, 1.165) is 52.0 Å². The number of alkyl halides is 3. The number of hydrogen-bond acceptors (Lipinski definition) is 4. The Labute approximate surface area is 178 Å². The molecule has 0 aromatic carbocycles. The van der Waals surface area contributed by atoms with Gasteiger partial charge in [-0.3, -0.25) is 9.89 Å². The lowest BCUT2D eigenvalue weighted by molar-refractivity contribution is -0.142. The number of nitrogens with one attached hydrogen (secondary N) is 2. The molecule has 0 unspecified atom stereocenters. The van der Waals surface area contributed by atoms with Crippen LogP contribution >= 0.6 is 24.0 Å². The maximum atomic E-state index is 12.3. The first-order valence-electron chi connectivity index (χ1n) is 9.35. The van der Waals surface area contributed by atoms with Gasteiger partial charge in [0.1, 0.15) is 0 Å². The number of methoxy groups -OCH3 is 1. The van der Waals surface area contributed by atoms with Crippen molar-refractivity contribution in [1.29, 1.82) is 0 Å². The maximum absolute atomic E-state index is 12.3. The summed E-state index contributed by atoms with van der Waals surface area (Å²) in [6.07, 6.45) is -1.06. The monoisotopic (exact) mass is 509 g/mol. The van der Waals surface area contributed by atoms with E-state index in [4.69, 9.17) is 4.74 Å². The van der Waals surface area contributed by atoms with Crippen molar-refractivity contribution in [2.45, 2.75) is 38.4 Å². The predicted octanol–water partition coefficient (Wildman–Crippen LogP) is 2.15. The van der Waals surface area contributed by atoms with Crippen molar-refractivity contribution in [3.8, 4) is 0 Å². The zero-order valence-electron chi connectivity index (χ0n) is 16.6. The van der Waals surface area contributed by atoms with Crippen LogP contribution in [0.4, 0.5) is 13.2 Å². The van der Waals surface area contributed by atoms with Crippen molar-refractivity contribution in [3.05, 3.63) is 0 Å². The second-order valence-corrected chi connectivity index (χ2v) is 6.72. The van der Waals surface area contributed by atoms with Crippen LogP contribution in [0.25, 0.3) is 0 Å². The summed E-state index contributed by atoms with van der Waals surface area (Å²) in [5.41, 5.74) is 0. The Balaban J connectivity index is 0.00000676. The van der Waals surface area contributed by atoms with Crippen LogP contribution in [0, 0.1) is 0 Å². The smallest absolute Gasteiger partial charge is 0.385 e. The van der Waals surface area contributed by atoms with E-state index in [0.29, 0.717) is 18.5 Å². The van der Waals surface area contributed by atoms with Gasteiger partial charge in [-0.15, -0.1) is 24.0 Å². The van der Waals surface area contributed by atoms with Gasteiger partial charge >= 0.3 is 6.18 Å². The van der Waals surface area contributed by atoms with Crippen molar-refractivity contribution in [1.82, 2.24) is 20.4 Å². The lowest BCUT2D eigenvalue weighted by atomic mass is 10.1. The summed E-state index contributed by atoms with van der Waals surface area (Å²) in [5, 5.41) is 6.59. The zero-order chi connectivity index (χ0) is 19.4. The average Bonchev–Trinajstić information content (AvgIpc) is 2.55. The van der Waals surface area contributed by atoms with Gasteiger partial charge in [-0.05, 0) is 33.2 Å². The number of aliphatic imine (C=N–C) groups is 1. The van der Waals surface area contributed by atoms with Gasteiger partial charge in [0.25, 0.3) is 0 Å². The third-order valence-electron chi connectivity index (χ3n) is 4.30. The van der Waals surface area contributed by atoms with Crippen LogP contribution in [-0.4, -0.2) is 94.6 Å². The summed E-state index contributed by atoms with van der Waals surface area (Å²) >= 11 is 0. The first kappa shape index (κ1) is 26.7. The van der Waals surface area contributed by atoms with Crippen molar-refractivity contribution < 1.29 is 17.9 Å². The number of hydrogen-bond donors (Lipinski definition) is 2. The van der Waals surface area contributed by atoms with Crippen LogP contribution in [0.15, 0.2) is 4.99 Å². The van der Waals surface area contributed by atoms with E-state index in [2.05, 4.69) is 20.5 Å². The van der Waals surface area contributed by atoms with Gasteiger partial charge in [0.15, 0.2) is 5.96 Å². The lowest BCUT2D eigenvalue weighted by Gasteiger charge is -2.33. The Morgan fingerprint density at radius 1 is 1.30 bits per heavy atom. The zero-order valence-corrected chi connectivity index (χ0v) is 19.0. The Morgan fingerprint density at radius 3 is 2.52 bits per heavy atom. The normalized spacial score (nSPS) is 17.1. The van der Waals surface area contributed by atoms with Gasteiger partial charge in [0.2, 0.25) is 0 Å². The third-order valence-corrected chi connectivity index (χ3v) is 4.30. The van der Waals surface area contributed by atoms with E-state index in [9.17, 15) is 13.2 Å². The topological polar surface area (TPSA) is 52.1 Å². The van der Waals surface area contributed by atoms with E-state index in [1.54, 1.807) is 7.11 Å². The molecule has 0 aliphatic carbocycles. The first-order valence-corrected chi connectivity index (χ1v) is 9.35. The molecular weight excluding hydrogens is 474 g/mol. The molecular formula is C17H35F3IN5O. The molecule has 2 N–H and O–H groups in total. The molecule has 1 aliphatic heterocycles. The number of ether oxygens (including phenoxy) is 1. The molecule has 27 heavy (non-hydrogen) atoms. The van der Waals surface area contributed by atoms with Crippen molar-refractivity contribution in [2.24, 2.45) is 4.99 Å². The number of piperidine rings is 1. The van der Waals surface area contributed by atoms with E-state index in [-0.39, 0.29) is 30.5 Å². The highest BCUT2D eigenvalue weighted by Crippen LogP contribution is 2.15. The Bertz CT molecular complexity index is 405. The molecule has 0 atom stereocenters. The number of halogens is 4. The number of guanidine groups is 1. The molecule has 6 nitrogen and oxygen atoms in total. The van der Waals surface area contributed by atoms with Crippen molar-refractivity contribution in [2.75, 3.05) is 66.6 Å². The molecule has 10 heteroatoms. The Hall–Kier alpha value is -0.330. The Kier molecular flexibility index (Phi) is 14.5. The molecule has 0 aromatic rings. The number of rotatable bonds is 10. The van der Waals surface area contributed by atoms with Gasteiger partial charge in [-0.25, -0.2) is 0 Å². The summed E-state index contributed by atoms with van der Waals surface area (Å²) in [4.78, 5) is 8.09. The first-order chi connectivity index (χ1) is 12.3. The van der Waals surface area contributed by atoms with E-state index < -0.39 is 12.7 Å². The summed E-state index contributed by atoms with van der Waals surface area (Å²) in [5.74, 6) is 0.686. The van der Waals surface area contributed by atoms with Gasteiger partial charge in [-0.2, -0.15) is 13.2 Å². The second kappa shape index (κ2) is 14.6. The molecule has 1 saturated heterocycles. The minimum Gasteiger partial charge on any atom is -0.385 e. The van der Waals surface area contributed by atoms with E-state index >= 15 is 0 Å². The molecule has 0 spiro atoms. The van der Waals surface area contributed by atoms with Gasteiger partial charge < -0.3 is 20.3 Å². The molecule has 0 saturated carbocycles. The van der Waals surface area contributed by atoms with Crippen LogP contribution < -0.4 is 10.6 Å². The van der Waals surface area contributed by atoms with E-state index in [1.807, 2.05) is 6.92 Å². The van der Waals surface area contributed by atoms with Gasteiger partial charge in [0, 0.05) is 52.5 Å². The van der Waals surface area contributed by atoms with Crippen LogP contribution in [0.5, 0.6) is 0 Å². The molecule has 1 rings (SSSR count). The van der Waals surface area contributed by atoms with Crippen LogP contribution in [0.3, 0.4) is 0 Å². The molecule has 0 bridgehead atoms. The fourth-order valence-electron chi connectivity index (χ4n) is 2.96. The van der Waals surface area contributed by atoms with Gasteiger partial charge in [-0.1, -0.05) is 0 Å². The molecule has 0 radical (unpaired) electrons. The largest absolute Gasteiger partial charge is 0.401 e. The van der Waals surface area contributed by atoms with Crippen molar-refractivity contribution >= 4 is 29.9 Å². The Morgan fingerprint density at radius 2 is 1.96 bits per heavy atom. The van der Waals surface area contributed by atoms with E-state index in [1.165, 1.54) is 11.9 Å². The third kappa shape index (κ3) is 13.5. The summed E-state index contributed by atoms with van der Waals surface area (Å²) in [7, 11) is 3.18. The van der Waals surface area contributed by atoms with Crippen LogP contribution in [0.2, 0.25) is 0 Å². The SMILES string of the molecule is CCNC(=NCCN(C)CC(F)(F)F)NC1CCN(CCCOC)CC1.I. The van der Waals surface area contributed by atoms with Crippen LogP contribution in [0.1, 0.15) is 26.2 Å². The summed E-state index contributed by atoms with van der Waals surface area (Å²) in [6, 6.07) is 0.347. The van der Waals surface area contributed by atoms with Gasteiger partial charge in [0.05, 0.1) is 13.1 Å². The number of likely N-dealkylation sites (N-methyl/N-ethyl adjacent to an activating group) is 1. The maximum Gasteiger partial charge on any atom is 0.401 e. The molecule has 0 aromatic heterocycles. The summed E-state index contributed by atoms with van der Waals surface area (Å²) in [6.45, 7) is 6.31. The lowest BCUT2D eigenvalue weighted by Crippen LogP contribution is -2.49. The standard InChI is InChI=1S/C17H34F3N5O.HI/c1-4-21-16(22-8-12-24(2)14-17(18,19)20)23-15-6-10-25(11-7-15)9-5-13-26-3;/h15H,4-14H2,1-3H3,(H2,21,22,23);1H. The minimum absolute atomic E-state index is 0. The predicted molar refractivity (Wildman–Crippen MR) is 114 cm³/mol. The second-order valence-electron chi connectivity index (χ2n) is 6.72. The fraction of sp³-hybridized carbons (Fsp3) is 0.941. The number of likely N-dealkylation sites (tertiary alicyclic amines) is 1. The highest BCUT2D eigenvalue weighted by molar-refractivity contribution is 14.0. The molecule has 162 valence electrons.